The van der Waals surface area contributed by atoms with Crippen LogP contribution in [0, 0.1) is 12.8 Å². The van der Waals surface area contributed by atoms with Crippen LogP contribution in [0.15, 0.2) is 24.3 Å². The second-order valence-electron chi connectivity index (χ2n) is 6.00. The van der Waals surface area contributed by atoms with Gasteiger partial charge in [0.05, 0.1) is 12.2 Å². The SMILES string of the molecule is CNCC(Cc1cccc(C)c1)CC1CCC(C)O1. The molecular formula is C17H27NO. The molecule has 0 spiro atoms. The van der Waals surface area contributed by atoms with Gasteiger partial charge in [0.15, 0.2) is 0 Å². The van der Waals surface area contributed by atoms with Crippen molar-refractivity contribution in [3.63, 3.8) is 0 Å². The van der Waals surface area contributed by atoms with Gasteiger partial charge in [0, 0.05) is 0 Å². The van der Waals surface area contributed by atoms with Gasteiger partial charge in [-0.05, 0) is 64.6 Å². The highest BCUT2D eigenvalue weighted by Crippen LogP contribution is 2.26. The zero-order valence-corrected chi connectivity index (χ0v) is 12.5. The van der Waals surface area contributed by atoms with Gasteiger partial charge in [0.25, 0.3) is 0 Å². The van der Waals surface area contributed by atoms with Crippen LogP contribution < -0.4 is 5.32 Å². The number of hydrogen-bond acceptors (Lipinski definition) is 2. The summed E-state index contributed by atoms with van der Waals surface area (Å²) in [6, 6.07) is 8.88. The maximum atomic E-state index is 5.97. The van der Waals surface area contributed by atoms with E-state index in [9.17, 15) is 0 Å². The van der Waals surface area contributed by atoms with E-state index in [1.165, 1.54) is 30.4 Å². The van der Waals surface area contributed by atoms with Gasteiger partial charge in [-0.1, -0.05) is 29.8 Å². The molecule has 1 fully saturated rings. The zero-order valence-electron chi connectivity index (χ0n) is 12.5. The van der Waals surface area contributed by atoms with Crippen LogP contribution in [0.1, 0.15) is 37.3 Å². The van der Waals surface area contributed by atoms with Crippen LogP contribution in [0.4, 0.5) is 0 Å². The molecule has 0 aromatic heterocycles. The van der Waals surface area contributed by atoms with E-state index in [0.717, 1.165) is 13.0 Å². The molecule has 19 heavy (non-hydrogen) atoms. The number of nitrogens with one attached hydrogen (secondary N) is 1. The number of rotatable bonds is 6. The third kappa shape index (κ3) is 4.63. The summed E-state index contributed by atoms with van der Waals surface area (Å²) >= 11 is 0. The monoisotopic (exact) mass is 261 g/mol. The number of aryl methyl sites for hydroxylation is 1. The van der Waals surface area contributed by atoms with E-state index in [1.54, 1.807) is 0 Å². The predicted molar refractivity (Wildman–Crippen MR) is 80.5 cm³/mol. The Balaban J connectivity index is 1.92. The lowest BCUT2D eigenvalue weighted by molar-refractivity contribution is 0.0409. The van der Waals surface area contributed by atoms with Crippen LogP contribution in [0.2, 0.25) is 0 Å². The zero-order chi connectivity index (χ0) is 13.7. The molecule has 1 N–H and O–H groups in total. The molecule has 0 amide bonds. The molecule has 3 unspecified atom stereocenters. The summed E-state index contributed by atoms with van der Waals surface area (Å²) < 4.78 is 5.97. The van der Waals surface area contributed by atoms with Crippen LogP contribution in [0.25, 0.3) is 0 Å². The summed E-state index contributed by atoms with van der Waals surface area (Å²) in [5, 5.41) is 3.33. The largest absolute Gasteiger partial charge is 0.375 e. The van der Waals surface area contributed by atoms with Gasteiger partial charge in [-0.15, -0.1) is 0 Å². The first kappa shape index (κ1) is 14.5. The minimum absolute atomic E-state index is 0.458. The highest BCUT2D eigenvalue weighted by atomic mass is 16.5. The summed E-state index contributed by atoms with van der Waals surface area (Å²) in [6.45, 7) is 5.42. The standard InChI is InChI=1S/C17H27NO/c1-13-5-4-6-15(9-13)10-16(12-18-3)11-17-8-7-14(2)19-17/h4-6,9,14,16-18H,7-8,10-12H2,1-3H3. The molecule has 1 aromatic carbocycles. The second-order valence-corrected chi connectivity index (χ2v) is 6.00. The minimum Gasteiger partial charge on any atom is -0.375 e. The Kier molecular flexibility index (Phi) is 5.41. The van der Waals surface area contributed by atoms with Gasteiger partial charge < -0.3 is 10.1 Å². The van der Waals surface area contributed by atoms with Gasteiger partial charge in [-0.3, -0.25) is 0 Å². The first-order chi connectivity index (χ1) is 9.17. The third-order valence-electron chi connectivity index (χ3n) is 4.02. The lowest BCUT2D eigenvalue weighted by atomic mass is 9.92. The fourth-order valence-electron chi connectivity index (χ4n) is 3.13. The lowest BCUT2D eigenvalue weighted by Gasteiger charge is -2.21. The van der Waals surface area contributed by atoms with Crippen LogP contribution in [-0.4, -0.2) is 25.8 Å². The molecule has 3 atom stereocenters. The van der Waals surface area contributed by atoms with Crippen LogP contribution in [0.5, 0.6) is 0 Å². The quantitative estimate of drug-likeness (QED) is 0.848. The molecule has 0 aliphatic carbocycles. The molecule has 0 saturated carbocycles. The average Bonchev–Trinajstić information content (AvgIpc) is 2.75. The fourth-order valence-corrected chi connectivity index (χ4v) is 3.13. The van der Waals surface area contributed by atoms with Crippen LogP contribution >= 0.6 is 0 Å². The predicted octanol–water partition coefficient (Wildman–Crippen LogP) is 3.33. The Morgan fingerprint density at radius 1 is 1.37 bits per heavy atom. The summed E-state index contributed by atoms with van der Waals surface area (Å²) in [5.74, 6) is 0.669. The van der Waals surface area contributed by atoms with E-state index in [0.29, 0.717) is 18.1 Å². The normalized spacial score (nSPS) is 24.6. The van der Waals surface area contributed by atoms with Crippen molar-refractivity contribution in [2.75, 3.05) is 13.6 Å². The summed E-state index contributed by atoms with van der Waals surface area (Å²) in [4.78, 5) is 0. The van der Waals surface area contributed by atoms with E-state index in [2.05, 4.69) is 43.4 Å². The van der Waals surface area contributed by atoms with E-state index >= 15 is 0 Å². The van der Waals surface area contributed by atoms with Crippen molar-refractivity contribution in [1.29, 1.82) is 0 Å². The molecule has 2 rings (SSSR count). The highest BCUT2D eigenvalue weighted by molar-refractivity contribution is 5.22. The molecule has 2 nitrogen and oxygen atoms in total. The van der Waals surface area contributed by atoms with E-state index in [1.807, 2.05) is 7.05 Å². The van der Waals surface area contributed by atoms with E-state index in [-0.39, 0.29) is 0 Å². The summed E-state index contributed by atoms with van der Waals surface area (Å²) in [5.41, 5.74) is 2.80. The molecule has 0 bridgehead atoms. The van der Waals surface area contributed by atoms with E-state index in [4.69, 9.17) is 4.74 Å². The molecule has 106 valence electrons. The fraction of sp³-hybridized carbons (Fsp3) is 0.647. The van der Waals surface area contributed by atoms with Gasteiger partial charge in [0.1, 0.15) is 0 Å². The van der Waals surface area contributed by atoms with Crippen molar-refractivity contribution in [2.45, 2.75) is 51.7 Å². The van der Waals surface area contributed by atoms with Crippen molar-refractivity contribution >= 4 is 0 Å². The second kappa shape index (κ2) is 7.06. The topological polar surface area (TPSA) is 21.3 Å². The molecular weight excluding hydrogens is 234 g/mol. The van der Waals surface area contributed by atoms with Gasteiger partial charge >= 0.3 is 0 Å². The number of ether oxygens (including phenoxy) is 1. The van der Waals surface area contributed by atoms with Gasteiger partial charge in [-0.2, -0.15) is 0 Å². The smallest absolute Gasteiger partial charge is 0.0583 e. The molecule has 1 saturated heterocycles. The third-order valence-corrected chi connectivity index (χ3v) is 4.02. The summed E-state index contributed by atoms with van der Waals surface area (Å²) in [7, 11) is 2.04. The first-order valence-electron chi connectivity index (χ1n) is 7.53. The molecule has 1 aliphatic heterocycles. The minimum atomic E-state index is 0.458. The Labute approximate surface area is 117 Å². The molecule has 1 heterocycles. The van der Waals surface area contributed by atoms with Crippen molar-refractivity contribution in [3.05, 3.63) is 35.4 Å². The average molecular weight is 261 g/mol. The van der Waals surface area contributed by atoms with Crippen molar-refractivity contribution in [3.8, 4) is 0 Å². The molecule has 1 aliphatic rings. The Hall–Kier alpha value is -0.860. The molecule has 1 aromatic rings. The lowest BCUT2D eigenvalue weighted by Crippen LogP contribution is -2.25. The molecule has 0 radical (unpaired) electrons. The van der Waals surface area contributed by atoms with Crippen molar-refractivity contribution in [1.82, 2.24) is 5.32 Å². The first-order valence-corrected chi connectivity index (χ1v) is 7.53. The number of hydrogen-bond donors (Lipinski definition) is 1. The maximum absolute atomic E-state index is 5.97. The number of benzene rings is 1. The highest BCUT2D eigenvalue weighted by Gasteiger charge is 2.24. The van der Waals surface area contributed by atoms with Gasteiger partial charge in [0.2, 0.25) is 0 Å². The van der Waals surface area contributed by atoms with Gasteiger partial charge in [-0.25, -0.2) is 0 Å². The van der Waals surface area contributed by atoms with Crippen molar-refractivity contribution < 1.29 is 4.74 Å². The summed E-state index contributed by atoms with van der Waals surface area (Å²) in [6.07, 6.45) is 5.71. The van der Waals surface area contributed by atoms with Crippen molar-refractivity contribution in [2.24, 2.45) is 5.92 Å². The Bertz CT molecular complexity index is 391. The van der Waals surface area contributed by atoms with Crippen LogP contribution in [0.3, 0.4) is 0 Å². The maximum Gasteiger partial charge on any atom is 0.0583 e. The Morgan fingerprint density at radius 2 is 2.21 bits per heavy atom. The molecule has 2 heteroatoms. The Morgan fingerprint density at radius 3 is 2.84 bits per heavy atom. The van der Waals surface area contributed by atoms with E-state index < -0.39 is 0 Å². The van der Waals surface area contributed by atoms with Crippen LogP contribution in [-0.2, 0) is 11.2 Å².